The van der Waals surface area contributed by atoms with Crippen LogP contribution in [0, 0.1) is 0 Å². The second-order valence-electron chi connectivity index (χ2n) is 3.15. The zero-order valence-electron chi connectivity index (χ0n) is 8.73. The van der Waals surface area contributed by atoms with Gasteiger partial charge in [0.1, 0.15) is 0 Å². The van der Waals surface area contributed by atoms with Crippen LogP contribution in [0.25, 0.3) is 0 Å². The van der Waals surface area contributed by atoms with E-state index in [2.05, 4.69) is 10.6 Å². The maximum absolute atomic E-state index is 11.3. The molecule has 0 unspecified atom stereocenters. The van der Waals surface area contributed by atoms with Crippen LogP contribution >= 0.6 is 0 Å². The van der Waals surface area contributed by atoms with Crippen LogP contribution in [0.4, 0.5) is 4.79 Å². The lowest BCUT2D eigenvalue weighted by Crippen LogP contribution is -2.39. The summed E-state index contributed by atoms with van der Waals surface area (Å²) >= 11 is 0. The average molecular weight is 208 g/mol. The molecule has 0 spiro atoms. The molecule has 0 radical (unpaired) electrons. The minimum absolute atomic E-state index is 0.110. The SMILES string of the molecule is CCNC(=O)N[C@H](CO)c1ccccc1. The van der Waals surface area contributed by atoms with Gasteiger partial charge in [0.25, 0.3) is 0 Å². The molecule has 0 aliphatic rings. The number of nitrogens with one attached hydrogen (secondary N) is 2. The van der Waals surface area contributed by atoms with Gasteiger partial charge in [-0.15, -0.1) is 0 Å². The van der Waals surface area contributed by atoms with Crippen molar-refractivity contribution < 1.29 is 9.90 Å². The van der Waals surface area contributed by atoms with Crippen LogP contribution in [0.3, 0.4) is 0 Å². The first-order valence-electron chi connectivity index (χ1n) is 4.98. The minimum atomic E-state index is -0.349. The Morgan fingerprint density at radius 1 is 1.40 bits per heavy atom. The lowest BCUT2D eigenvalue weighted by atomic mass is 10.1. The second-order valence-corrected chi connectivity index (χ2v) is 3.15. The Labute approximate surface area is 89.3 Å². The monoisotopic (exact) mass is 208 g/mol. The molecule has 4 nitrogen and oxygen atoms in total. The van der Waals surface area contributed by atoms with Crippen LogP contribution in [-0.4, -0.2) is 24.3 Å². The number of carbonyl (C=O) groups is 1. The highest BCUT2D eigenvalue weighted by Gasteiger charge is 2.11. The van der Waals surface area contributed by atoms with Crippen molar-refractivity contribution in [3.8, 4) is 0 Å². The molecule has 0 bridgehead atoms. The van der Waals surface area contributed by atoms with Gasteiger partial charge in [0.05, 0.1) is 12.6 Å². The molecule has 1 atom stereocenters. The van der Waals surface area contributed by atoms with E-state index in [1.54, 1.807) is 0 Å². The van der Waals surface area contributed by atoms with Gasteiger partial charge < -0.3 is 15.7 Å². The van der Waals surface area contributed by atoms with Crippen molar-refractivity contribution in [1.29, 1.82) is 0 Å². The van der Waals surface area contributed by atoms with Gasteiger partial charge in [-0.2, -0.15) is 0 Å². The summed E-state index contributed by atoms with van der Waals surface area (Å²) in [6.07, 6.45) is 0. The molecule has 1 aromatic rings. The molecule has 0 heterocycles. The number of carbonyl (C=O) groups excluding carboxylic acids is 1. The Morgan fingerprint density at radius 2 is 2.07 bits per heavy atom. The zero-order chi connectivity index (χ0) is 11.1. The van der Waals surface area contributed by atoms with Crippen molar-refractivity contribution in [2.24, 2.45) is 0 Å². The van der Waals surface area contributed by atoms with Gasteiger partial charge in [-0.1, -0.05) is 30.3 Å². The third-order valence-electron chi connectivity index (χ3n) is 2.03. The van der Waals surface area contributed by atoms with Crippen molar-refractivity contribution in [3.63, 3.8) is 0 Å². The molecule has 1 rings (SSSR count). The van der Waals surface area contributed by atoms with Crippen LogP contribution in [0.1, 0.15) is 18.5 Å². The molecule has 2 amide bonds. The molecular weight excluding hydrogens is 192 g/mol. The second kappa shape index (κ2) is 6.03. The smallest absolute Gasteiger partial charge is 0.315 e. The van der Waals surface area contributed by atoms with Crippen LogP contribution in [-0.2, 0) is 0 Å². The Hall–Kier alpha value is -1.55. The molecule has 15 heavy (non-hydrogen) atoms. The largest absolute Gasteiger partial charge is 0.394 e. The summed E-state index contributed by atoms with van der Waals surface area (Å²) in [7, 11) is 0. The predicted molar refractivity (Wildman–Crippen MR) is 58.5 cm³/mol. The molecule has 0 saturated heterocycles. The summed E-state index contributed by atoms with van der Waals surface area (Å²) in [4.78, 5) is 11.3. The molecule has 0 aliphatic heterocycles. The summed E-state index contributed by atoms with van der Waals surface area (Å²) in [6.45, 7) is 2.30. The summed E-state index contributed by atoms with van der Waals surface area (Å²) in [5, 5.41) is 14.5. The van der Waals surface area contributed by atoms with Crippen LogP contribution in [0.5, 0.6) is 0 Å². The summed E-state index contributed by atoms with van der Waals surface area (Å²) in [6, 6.07) is 8.76. The molecule has 0 fully saturated rings. The van der Waals surface area contributed by atoms with Crippen molar-refractivity contribution in [3.05, 3.63) is 35.9 Å². The van der Waals surface area contributed by atoms with Gasteiger partial charge >= 0.3 is 6.03 Å². The standard InChI is InChI=1S/C11H16N2O2/c1-2-12-11(15)13-10(8-14)9-6-4-3-5-7-9/h3-7,10,14H,2,8H2,1H3,(H2,12,13,15)/t10-/m1/s1. The number of rotatable bonds is 4. The Morgan fingerprint density at radius 3 is 2.60 bits per heavy atom. The van der Waals surface area contributed by atoms with Crippen molar-refractivity contribution >= 4 is 6.03 Å². The number of aliphatic hydroxyl groups excluding tert-OH is 1. The molecular formula is C11H16N2O2. The van der Waals surface area contributed by atoms with E-state index < -0.39 is 0 Å². The van der Waals surface area contributed by atoms with E-state index in [4.69, 9.17) is 5.11 Å². The lowest BCUT2D eigenvalue weighted by Gasteiger charge is -2.16. The maximum Gasteiger partial charge on any atom is 0.315 e. The normalized spacial score (nSPS) is 11.9. The highest BCUT2D eigenvalue weighted by atomic mass is 16.3. The Kier molecular flexibility index (Phi) is 4.63. The predicted octanol–water partition coefficient (Wildman–Crippen LogP) is 1.04. The van der Waals surface area contributed by atoms with Gasteiger partial charge in [-0.05, 0) is 12.5 Å². The van der Waals surface area contributed by atoms with Gasteiger partial charge in [-0.25, -0.2) is 4.79 Å². The van der Waals surface area contributed by atoms with E-state index in [-0.39, 0.29) is 18.7 Å². The topological polar surface area (TPSA) is 61.4 Å². The zero-order valence-corrected chi connectivity index (χ0v) is 8.73. The van der Waals surface area contributed by atoms with E-state index >= 15 is 0 Å². The maximum atomic E-state index is 11.3. The third-order valence-corrected chi connectivity index (χ3v) is 2.03. The first-order valence-corrected chi connectivity index (χ1v) is 4.98. The molecule has 3 N–H and O–H groups in total. The highest BCUT2D eigenvalue weighted by molar-refractivity contribution is 5.74. The number of aliphatic hydroxyl groups is 1. The fourth-order valence-electron chi connectivity index (χ4n) is 1.29. The summed E-state index contributed by atoms with van der Waals surface area (Å²) < 4.78 is 0. The first kappa shape index (κ1) is 11.5. The third kappa shape index (κ3) is 3.59. The number of hydrogen-bond donors (Lipinski definition) is 3. The van der Waals surface area contributed by atoms with Crippen molar-refractivity contribution in [2.75, 3.05) is 13.2 Å². The van der Waals surface area contributed by atoms with Crippen LogP contribution in [0.2, 0.25) is 0 Å². The molecule has 4 heteroatoms. The van der Waals surface area contributed by atoms with E-state index in [0.717, 1.165) is 5.56 Å². The fourth-order valence-corrected chi connectivity index (χ4v) is 1.29. The molecule has 0 aliphatic carbocycles. The molecule has 0 aromatic heterocycles. The Bertz CT molecular complexity index is 301. The summed E-state index contributed by atoms with van der Waals surface area (Å²) in [5.74, 6) is 0. The first-order chi connectivity index (χ1) is 7.27. The van der Waals surface area contributed by atoms with Crippen LogP contribution < -0.4 is 10.6 Å². The minimum Gasteiger partial charge on any atom is -0.394 e. The molecule has 1 aromatic carbocycles. The molecule has 82 valence electrons. The lowest BCUT2D eigenvalue weighted by molar-refractivity contribution is 0.217. The number of benzene rings is 1. The fraction of sp³-hybridized carbons (Fsp3) is 0.364. The number of urea groups is 1. The summed E-state index contributed by atoms with van der Waals surface area (Å²) in [5.41, 5.74) is 0.895. The van der Waals surface area contributed by atoms with Gasteiger partial charge in [0.2, 0.25) is 0 Å². The van der Waals surface area contributed by atoms with E-state index in [1.807, 2.05) is 37.3 Å². The van der Waals surface area contributed by atoms with Gasteiger partial charge in [-0.3, -0.25) is 0 Å². The van der Waals surface area contributed by atoms with E-state index in [1.165, 1.54) is 0 Å². The Balaban J connectivity index is 2.61. The van der Waals surface area contributed by atoms with Crippen molar-refractivity contribution in [1.82, 2.24) is 10.6 Å². The molecule has 0 saturated carbocycles. The average Bonchev–Trinajstić information content (AvgIpc) is 2.27. The van der Waals surface area contributed by atoms with Crippen molar-refractivity contribution in [2.45, 2.75) is 13.0 Å². The van der Waals surface area contributed by atoms with E-state index in [0.29, 0.717) is 6.54 Å². The highest BCUT2D eigenvalue weighted by Crippen LogP contribution is 2.10. The van der Waals surface area contributed by atoms with Gasteiger partial charge in [0.15, 0.2) is 0 Å². The number of hydrogen-bond acceptors (Lipinski definition) is 2. The van der Waals surface area contributed by atoms with Crippen LogP contribution in [0.15, 0.2) is 30.3 Å². The van der Waals surface area contributed by atoms with E-state index in [9.17, 15) is 4.79 Å². The quantitative estimate of drug-likeness (QED) is 0.692. The number of amides is 2. The van der Waals surface area contributed by atoms with Gasteiger partial charge in [0, 0.05) is 6.54 Å².